The lowest BCUT2D eigenvalue weighted by atomic mass is 9.89. The van der Waals surface area contributed by atoms with Crippen molar-refractivity contribution in [2.45, 2.75) is 45.6 Å². The van der Waals surface area contributed by atoms with E-state index < -0.39 is 0 Å². The molecule has 166 valence electrons. The van der Waals surface area contributed by atoms with Crippen molar-refractivity contribution in [1.82, 2.24) is 14.8 Å². The minimum atomic E-state index is 0.202. The first-order chi connectivity index (χ1) is 15.0. The number of hydrogen-bond acceptors (Lipinski definition) is 4. The van der Waals surface area contributed by atoms with E-state index >= 15 is 0 Å². The molecule has 2 heterocycles. The van der Waals surface area contributed by atoms with Gasteiger partial charge < -0.3 is 14.5 Å². The summed E-state index contributed by atoms with van der Waals surface area (Å²) in [6.45, 7) is 7.71. The second-order valence-electron chi connectivity index (χ2n) is 9.49. The molecule has 1 saturated heterocycles. The Bertz CT molecular complexity index is 860. The maximum absolute atomic E-state index is 13.0. The summed E-state index contributed by atoms with van der Waals surface area (Å²) in [5.41, 5.74) is 2.76. The van der Waals surface area contributed by atoms with Crippen molar-refractivity contribution in [3.05, 3.63) is 59.9 Å². The van der Waals surface area contributed by atoms with E-state index in [1.807, 2.05) is 54.7 Å². The minimum Gasteiger partial charge on any atom is -0.492 e. The van der Waals surface area contributed by atoms with Crippen LogP contribution in [-0.4, -0.2) is 60.0 Å². The molecular weight excluding hydrogens is 386 g/mol. The quantitative estimate of drug-likeness (QED) is 0.647. The number of benzene rings is 1. The SMILES string of the molecule is Cc1ccc(OCCN(C)C(=O)[C@@H]2CC23CCN([C@@H](C)Cc2cccnc2)CC3)cc1. The van der Waals surface area contributed by atoms with Gasteiger partial charge in [0, 0.05) is 31.4 Å². The molecule has 1 saturated carbocycles. The maximum atomic E-state index is 13.0. The standard InChI is InChI=1S/C26H35N3O2/c1-20-6-8-23(9-7-20)31-16-15-28(3)25(30)24-18-26(24)10-13-29(14-11-26)21(2)17-22-5-4-12-27-19-22/h4-9,12,19,21,24H,10-11,13-18H2,1-3H3/t21-,24-/m0/s1. The Labute approximate surface area is 186 Å². The molecule has 0 unspecified atom stereocenters. The average Bonchev–Trinajstić information content (AvgIpc) is 3.48. The van der Waals surface area contributed by atoms with Gasteiger partial charge >= 0.3 is 0 Å². The van der Waals surface area contributed by atoms with Crippen molar-refractivity contribution in [2.75, 3.05) is 33.3 Å². The van der Waals surface area contributed by atoms with Crippen molar-refractivity contribution in [3.8, 4) is 5.75 Å². The minimum absolute atomic E-state index is 0.202. The number of aromatic nitrogens is 1. The van der Waals surface area contributed by atoms with Crippen LogP contribution in [0.15, 0.2) is 48.8 Å². The highest BCUT2D eigenvalue weighted by Gasteiger charge is 2.59. The molecule has 1 spiro atoms. The summed E-state index contributed by atoms with van der Waals surface area (Å²) < 4.78 is 5.80. The van der Waals surface area contributed by atoms with Gasteiger partial charge in [-0.3, -0.25) is 9.78 Å². The highest BCUT2D eigenvalue weighted by atomic mass is 16.5. The van der Waals surface area contributed by atoms with Crippen molar-refractivity contribution in [1.29, 1.82) is 0 Å². The summed E-state index contributed by atoms with van der Waals surface area (Å²) in [6.07, 6.45) is 8.15. The predicted octanol–water partition coefficient (Wildman–Crippen LogP) is 3.96. The Morgan fingerprint density at radius 2 is 2.00 bits per heavy atom. The van der Waals surface area contributed by atoms with Gasteiger partial charge in [0.05, 0.1) is 6.54 Å². The zero-order valence-electron chi connectivity index (χ0n) is 19.1. The van der Waals surface area contributed by atoms with E-state index in [2.05, 4.69) is 29.8 Å². The van der Waals surface area contributed by atoms with Crippen LogP contribution >= 0.6 is 0 Å². The molecule has 4 rings (SSSR count). The number of amides is 1. The third-order valence-corrected chi connectivity index (χ3v) is 7.25. The van der Waals surface area contributed by atoms with Crippen molar-refractivity contribution < 1.29 is 9.53 Å². The first kappa shape index (κ1) is 21.8. The lowest BCUT2D eigenvalue weighted by molar-refractivity contribution is -0.132. The van der Waals surface area contributed by atoms with Crippen LogP contribution in [0.5, 0.6) is 5.75 Å². The first-order valence-electron chi connectivity index (χ1n) is 11.5. The van der Waals surface area contributed by atoms with Gasteiger partial charge in [0.1, 0.15) is 12.4 Å². The molecule has 1 aliphatic carbocycles. The number of piperidine rings is 1. The lowest BCUT2D eigenvalue weighted by Gasteiger charge is -2.37. The average molecular weight is 422 g/mol. The van der Waals surface area contributed by atoms with Gasteiger partial charge in [0.2, 0.25) is 5.91 Å². The number of likely N-dealkylation sites (tertiary alicyclic amines) is 1. The van der Waals surface area contributed by atoms with E-state index in [1.54, 1.807) is 0 Å². The largest absolute Gasteiger partial charge is 0.492 e. The molecule has 2 aromatic rings. The number of likely N-dealkylation sites (N-methyl/N-ethyl adjacent to an activating group) is 1. The van der Waals surface area contributed by atoms with Crippen LogP contribution in [0, 0.1) is 18.3 Å². The van der Waals surface area contributed by atoms with Gasteiger partial charge in [-0.25, -0.2) is 0 Å². The van der Waals surface area contributed by atoms with Crippen LogP contribution in [0.4, 0.5) is 0 Å². The molecule has 31 heavy (non-hydrogen) atoms. The van der Waals surface area contributed by atoms with Crippen molar-refractivity contribution >= 4 is 5.91 Å². The second-order valence-corrected chi connectivity index (χ2v) is 9.49. The number of hydrogen-bond donors (Lipinski definition) is 0. The smallest absolute Gasteiger partial charge is 0.226 e. The Morgan fingerprint density at radius 3 is 2.68 bits per heavy atom. The highest BCUT2D eigenvalue weighted by molar-refractivity contribution is 5.82. The molecule has 1 aromatic carbocycles. The molecule has 0 radical (unpaired) electrons. The second kappa shape index (κ2) is 9.39. The summed E-state index contributed by atoms with van der Waals surface area (Å²) in [5.74, 6) is 1.36. The first-order valence-corrected chi connectivity index (χ1v) is 11.5. The fourth-order valence-corrected chi connectivity index (χ4v) is 4.96. The molecule has 2 fully saturated rings. The molecule has 2 atom stereocenters. The van der Waals surface area contributed by atoms with Crippen LogP contribution in [0.1, 0.15) is 37.3 Å². The van der Waals surface area contributed by atoms with E-state index in [0.29, 0.717) is 25.1 Å². The van der Waals surface area contributed by atoms with Gasteiger partial charge in [0.15, 0.2) is 0 Å². The lowest BCUT2D eigenvalue weighted by Crippen LogP contribution is -2.43. The molecule has 5 nitrogen and oxygen atoms in total. The van der Waals surface area contributed by atoms with Crippen molar-refractivity contribution in [2.24, 2.45) is 11.3 Å². The van der Waals surface area contributed by atoms with E-state index in [0.717, 1.165) is 44.5 Å². The molecule has 2 aliphatic rings. The fraction of sp³-hybridized carbons (Fsp3) is 0.538. The summed E-state index contributed by atoms with van der Waals surface area (Å²) in [7, 11) is 1.91. The number of rotatable bonds is 8. The Morgan fingerprint density at radius 1 is 1.26 bits per heavy atom. The number of carbonyl (C=O) groups excluding carboxylic acids is 1. The maximum Gasteiger partial charge on any atom is 0.226 e. The summed E-state index contributed by atoms with van der Waals surface area (Å²) in [6, 6.07) is 12.7. The number of aryl methyl sites for hydroxylation is 1. The predicted molar refractivity (Wildman–Crippen MR) is 123 cm³/mol. The number of carbonyl (C=O) groups is 1. The zero-order valence-corrected chi connectivity index (χ0v) is 19.1. The number of ether oxygens (including phenoxy) is 1. The fourth-order valence-electron chi connectivity index (χ4n) is 4.96. The van der Waals surface area contributed by atoms with Gasteiger partial charge in [0.25, 0.3) is 0 Å². The Balaban J connectivity index is 1.20. The van der Waals surface area contributed by atoms with Crippen LogP contribution in [0.3, 0.4) is 0 Å². The van der Waals surface area contributed by atoms with Gasteiger partial charge in [-0.15, -0.1) is 0 Å². The molecule has 5 heteroatoms. The molecule has 1 aromatic heterocycles. The third kappa shape index (κ3) is 5.27. The topological polar surface area (TPSA) is 45.7 Å². The zero-order chi connectivity index (χ0) is 21.8. The Hall–Kier alpha value is -2.40. The number of pyridine rings is 1. The van der Waals surface area contributed by atoms with E-state index in [-0.39, 0.29) is 11.3 Å². The van der Waals surface area contributed by atoms with Crippen LogP contribution in [0.25, 0.3) is 0 Å². The summed E-state index contributed by atoms with van der Waals surface area (Å²) in [5, 5.41) is 0. The molecule has 1 aliphatic heterocycles. The summed E-state index contributed by atoms with van der Waals surface area (Å²) in [4.78, 5) is 21.7. The van der Waals surface area contributed by atoms with Crippen LogP contribution < -0.4 is 4.74 Å². The van der Waals surface area contributed by atoms with E-state index in [1.165, 1.54) is 11.1 Å². The van der Waals surface area contributed by atoms with Gasteiger partial charge in [-0.05, 0) is 81.8 Å². The van der Waals surface area contributed by atoms with E-state index in [9.17, 15) is 4.79 Å². The molecule has 1 amide bonds. The monoisotopic (exact) mass is 421 g/mol. The van der Waals surface area contributed by atoms with Crippen molar-refractivity contribution in [3.63, 3.8) is 0 Å². The Kier molecular flexibility index (Phi) is 6.61. The van der Waals surface area contributed by atoms with E-state index in [4.69, 9.17) is 4.74 Å². The highest BCUT2D eigenvalue weighted by Crippen LogP contribution is 2.60. The third-order valence-electron chi connectivity index (χ3n) is 7.25. The molecule has 0 bridgehead atoms. The molecule has 0 N–H and O–H groups in total. The number of nitrogens with zero attached hydrogens (tertiary/aromatic N) is 3. The van der Waals surface area contributed by atoms with Crippen LogP contribution in [-0.2, 0) is 11.2 Å². The van der Waals surface area contributed by atoms with Crippen LogP contribution in [0.2, 0.25) is 0 Å². The van der Waals surface area contributed by atoms with Gasteiger partial charge in [-0.1, -0.05) is 23.8 Å². The molecular formula is C26H35N3O2. The summed E-state index contributed by atoms with van der Waals surface area (Å²) >= 11 is 0. The van der Waals surface area contributed by atoms with Gasteiger partial charge in [-0.2, -0.15) is 0 Å². The normalized spacial score (nSPS) is 20.9.